The van der Waals surface area contributed by atoms with Gasteiger partial charge in [-0.2, -0.15) is 0 Å². The van der Waals surface area contributed by atoms with Crippen LogP contribution in [0.5, 0.6) is 0 Å². The van der Waals surface area contributed by atoms with E-state index >= 15 is 0 Å². The molecule has 1 fully saturated rings. The molecule has 20 heavy (non-hydrogen) atoms. The summed E-state index contributed by atoms with van der Waals surface area (Å²) in [5.74, 6) is 1.47. The summed E-state index contributed by atoms with van der Waals surface area (Å²) >= 11 is 5.22. The molecule has 1 saturated carbocycles. The molecule has 1 amide bonds. The highest BCUT2D eigenvalue weighted by molar-refractivity contribution is 7.80. The minimum atomic E-state index is -0.636. The van der Waals surface area contributed by atoms with Crippen LogP contribution in [0.1, 0.15) is 65.7 Å². The van der Waals surface area contributed by atoms with Gasteiger partial charge in [0.1, 0.15) is 0 Å². The highest BCUT2D eigenvalue weighted by Gasteiger charge is 2.40. The third-order valence-corrected chi connectivity index (χ3v) is 5.01. The molecule has 1 aliphatic rings. The maximum atomic E-state index is 12.6. The average molecular weight is 298 g/mol. The first-order valence-corrected chi connectivity index (χ1v) is 8.45. The minimum absolute atomic E-state index is 0.0493. The van der Waals surface area contributed by atoms with Gasteiger partial charge >= 0.3 is 0 Å². The molecule has 0 bridgehead atoms. The van der Waals surface area contributed by atoms with Crippen molar-refractivity contribution >= 4 is 23.1 Å². The van der Waals surface area contributed by atoms with E-state index in [2.05, 4.69) is 26.1 Å². The Balaban J connectivity index is 2.65. The highest BCUT2D eigenvalue weighted by atomic mass is 32.1. The van der Waals surface area contributed by atoms with Gasteiger partial charge in [0.2, 0.25) is 5.91 Å². The number of carbonyl (C=O) groups is 1. The van der Waals surface area contributed by atoms with Crippen LogP contribution >= 0.6 is 12.2 Å². The molecule has 2 atom stereocenters. The Labute approximate surface area is 129 Å². The first-order chi connectivity index (χ1) is 9.46. The van der Waals surface area contributed by atoms with Crippen molar-refractivity contribution in [3.8, 4) is 0 Å². The Morgan fingerprint density at radius 1 is 1.30 bits per heavy atom. The zero-order chi connectivity index (χ0) is 15.2. The number of thiocarbonyl (C=S) groups is 1. The average Bonchev–Trinajstić information content (AvgIpc) is 2.81. The maximum absolute atomic E-state index is 12.6. The summed E-state index contributed by atoms with van der Waals surface area (Å²) in [5.41, 5.74) is 5.29. The van der Waals surface area contributed by atoms with E-state index < -0.39 is 5.41 Å². The molecule has 3 N–H and O–H groups in total. The van der Waals surface area contributed by atoms with Gasteiger partial charge in [0.25, 0.3) is 0 Å². The van der Waals surface area contributed by atoms with Gasteiger partial charge < -0.3 is 11.1 Å². The van der Waals surface area contributed by atoms with Crippen LogP contribution in [0.2, 0.25) is 0 Å². The van der Waals surface area contributed by atoms with Crippen molar-refractivity contribution in [1.82, 2.24) is 5.32 Å². The van der Waals surface area contributed by atoms with Crippen LogP contribution in [0.15, 0.2) is 0 Å². The fourth-order valence-electron chi connectivity index (χ4n) is 3.48. The van der Waals surface area contributed by atoms with E-state index in [1.54, 1.807) is 0 Å². The molecule has 0 aliphatic heterocycles. The molecule has 0 saturated heterocycles. The van der Waals surface area contributed by atoms with Crippen molar-refractivity contribution in [2.75, 3.05) is 6.54 Å². The van der Waals surface area contributed by atoms with Crippen LogP contribution in [0.25, 0.3) is 0 Å². The minimum Gasteiger partial charge on any atom is -0.392 e. The van der Waals surface area contributed by atoms with Gasteiger partial charge in [-0.1, -0.05) is 52.3 Å². The lowest BCUT2D eigenvalue weighted by Gasteiger charge is -2.31. The smallest absolute Gasteiger partial charge is 0.233 e. The second-order valence-corrected chi connectivity index (χ2v) is 6.88. The van der Waals surface area contributed by atoms with Gasteiger partial charge in [0.05, 0.1) is 10.4 Å². The zero-order valence-corrected chi connectivity index (χ0v) is 14.0. The predicted molar refractivity (Wildman–Crippen MR) is 88.5 cm³/mol. The van der Waals surface area contributed by atoms with Crippen LogP contribution in [-0.2, 0) is 4.79 Å². The van der Waals surface area contributed by atoms with E-state index in [-0.39, 0.29) is 5.91 Å². The third kappa shape index (κ3) is 4.18. The van der Waals surface area contributed by atoms with E-state index in [1.165, 1.54) is 19.3 Å². The number of amides is 1. The Kier molecular flexibility index (Phi) is 6.93. The molecular formula is C16H30N2OS. The number of nitrogens with one attached hydrogen (secondary N) is 1. The number of carbonyl (C=O) groups excluding carboxylic acids is 1. The molecule has 116 valence electrons. The lowest BCUT2D eigenvalue weighted by molar-refractivity contribution is -0.128. The fraction of sp³-hybridized carbons (Fsp3) is 0.875. The van der Waals surface area contributed by atoms with Crippen molar-refractivity contribution in [2.45, 2.75) is 65.7 Å². The normalized spacial score (nSPS) is 22.8. The summed E-state index contributed by atoms with van der Waals surface area (Å²) in [6, 6.07) is 0. The summed E-state index contributed by atoms with van der Waals surface area (Å²) in [5, 5.41) is 3.13. The third-order valence-electron chi connectivity index (χ3n) is 4.61. The van der Waals surface area contributed by atoms with Crippen LogP contribution in [-0.4, -0.2) is 17.4 Å². The molecule has 0 spiro atoms. The zero-order valence-electron chi connectivity index (χ0n) is 13.2. The second kappa shape index (κ2) is 7.96. The summed E-state index contributed by atoms with van der Waals surface area (Å²) in [7, 11) is 0. The molecule has 0 aromatic heterocycles. The fourth-order valence-corrected chi connectivity index (χ4v) is 3.78. The molecule has 2 unspecified atom stereocenters. The molecular weight excluding hydrogens is 268 g/mol. The van der Waals surface area contributed by atoms with E-state index in [1.807, 2.05) is 0 Å². The molecule has 0 heterocycles. The van der Waals surface area contributed by atoms with Gasteiger partial charge in [0.15, 0.2) is 0 Å². The maximum Gasteiger partial charge on any atom is 0.233 e. The lowest BCUT2D eigenvalue weighted by Crippen LogP contribution is -2.49. The van der Waals surface area contributed by atoms with Gasteiger partial charge in [-0.05, 0) is 37.5 Å². The highest BCUT2D eigenvalue weighted by Crippen LogP contribution is 2.32. The molecule has 0 aromatic carbocycles. The van der Waals surface area contributed by atoms with Crippen LogP contribution in [0.3, 0.4) is 0 Å². The van der Waals surface area contributed by atoms with Crippen molar-refractivity contribution in [3.05, 3.63) is 0 Å². The van der Waals surface area contributed by atoms with Gasteiger partial charge in [0, 0.05) is 6.54 Å². The number of rotatable bonds is 8. The van der Waals surface area contributed by atoms with Gasteiger partial charge in [-0.25, -0.2) is 0 Å². The topological polar surface area (TPSA) is 55.1 Å². The standard InChI is InChI=1S/C16H30N2OS/c1-4-8-16(9-5-2,14(17)20)15(19)18-11-13-7-6-12(3)10-13/h12-13H,4-11H2,1-3H3,(H2,17,20)(H,18,19). The summed E-state index contributed by atoms with van der Waals surface area (Å²) in [6.45, 7) is 7.22. The Hall–Kier alpha value is -0.640. The summed E-state index contributed by atoms with van der Waals surface area (Å²) in [6.07, 6.45) is 7.08. The Morgan fingerprint density at radius 2 is 1.90 bits per heavy atom. The van der Waals surface area contributed by atoms with Crippen LogP contribution < -0.4 is 11.1 Å². The monoisotopic (exact) mass is 298 g/mol. The first kappa shape index (κ1) is 17.4. The van der Waals surface area contributed by atoms with Crippen molar-refractivity contribution in [1.29, 1.82) is 0 Å². The largest absolute Gasteiger partial charge is 0.392 e. The summed E-state index contributed by atoms with van der Waals surface area (Å²) in [4.78, 5) is 13.0. The second-order valence-electron chi connectivity index (χ2n) is 6.44. The SMILES string of the molecule is CCCC(CCC)(C(=O)NCC1CCC(C)C1)C(N)=S. The van der Waals surface area contributed by atoms with Crippen LogP contribution in [0.4, 0.5) is 0 Å². The Morgan fingerprint density at radius 3 is 2.30 bits per heavy atom. The predicted octanol–water partition coefficient (Wildman–Crippen LogP) is 3.41. The molecule has 3 nitrogen and oxygen atoms in total. The number of hydrogen-bond donors (Lipinski definition) is 2. The molecule has 1 rings (SSSR count). The van der Waals surface area contributed by atoms with Crippen molar-refractivity contribution in [3.63, 3.8) is 0 Å². The van der Waals surface area contributed by atoms with Crippen molar-refractivity contribution in [2.24, 2.45) is 23.0 Å². The lowest BCUT2D eigenvalue weighted by atomic mass is 9.78. The quantitative estimate of drug-likeness (QED) is 0.675. The molecule has 0 aromatic rings. The van der Waals surface area contributed by atoms with Crippen LogP contribution in [0, 0.1) is 17.3 Å². The van der Waals surface area contributed by atoms with Gasteiger partial charge in [-0.15, -0.1) is 0 Å². The van der Waals surface area contributed by atoms with E-state index in [0.29, 0.717) is 10.9 Å². The van der Waals surface area contributed by atoms with E-state index in [9.17, 15) is 4.79 Å². The van der Waals surface area contributed by atoms with E-state index in [0.717, 1.165) is 38.1 Å². The molecule has 1 aliphatic carbocycles. The number of hydrogen-bond acceptors (Lipinski definition) is 2. The summed E-state index contributed by atoms with van der Waals surface area (Å²) < 4.78 is 0. The van der Waals surface area contributed by atoms with Crippen molar-refractivity contribution < 1.29 is 4.79 Å². The van der Waals surface area contributed by atoms with E-state index in [4.69, 9.17) is 18.0 Å². The Bertz CT molecular complexity index is 337. The molecule has 4 heteroatoms. The first-order valence-electron chi connectivity index (χ1n) is 8.04. The molecule has 0 radical (unpaired) electrons. The van der Waals surface area contributed by atoms with Gasteiger partial charge in [-0.3, -0.25) is 4.79 Å². The number of nitrogens with two attached hydrogens (primary N) is 1.